The number of hydrogen-bond donors (Lipinski definition) is 1. The summed E-state index contributed by atoms with van der Waals surface area (Å²) in [4.78, 5) is 13.4. The average Bonchev–Trinajstić information content (AvgIpc) is 2.17. The van der Waals surface area contributed by atoms with E-state index in [2.05, 4.69) is 18.7 Å². The van der Waals surface area contributed by atoms with Crippen molar-refractivity contribution < 1.29 is 4.79 Å². The van der Waals surface area contributed by atoms with Crippen molar-refractivity contribution in [2.24, 2.45) is 5.73 Å². The van der Waals surface area contributed by atoms with Gasteiger partial charge in [0.05, 0.1) is 6.04 Å². The Morgan fingerprint density at radius 3 is 2.23 bits per heavy atom. The fraction of sp³-hybridized carbons (Fsp3) is 0.900. The van der Waals surface area contributed by atoms with Gasteiger partial charge in [0, 0.05) is 13.0 Å². The molecule has 0 aliphatic carbocycles. The van der Waals surface area contributed by atoms with E-state index in [9.17, 15) is 4.79 Å². The van der Waals surface area contributed by atoms with Gasteiger partial charge >= 0.3 is 0 Å². The maximum absolute atomic E-state index is 11.2. The van der Waals surface area contributed by atoms with Crippen LogP contribution in [-0.2, 0) is 4.79 Å². The van der Waals surface area contributed by atoms with Gasteiger partial charge in [-0.05, 0) is 19.5 Å². The molecule has 1 atom stereocenters. The van der Waals surface area contributed by atoms with Gasteiger partial charge in [0.1, 0.15) is 5.78 Å². The summed E-state index contributed by atoms with van der Waals surface area (Å²) in [7, 11) is 0. The normalized spacial score (nSPS) is 13.3. The van der Waals surface area contributed by atoms with Crippen LogP contribution in [0.25, 0.3) is 0 Å². The van der Waals surface area contributed by atoms with Crippen LogP contribution in [0.1, 0.15) is 33.6 Å². The maximum Gasteiger partial charge on any atom is 0.149 e. The molecule has 0 aromatic heterocycles. The lowest BCUT2D eigenvalue weighted by Crippen LogP contribution is -2.35. The Morgan fingerprint density at radius 1 is 1.31 bits per heavy atom. The minimum absolute atomic E-state index is 0.173. The van der Waals surface area contributed by atoms with E-state index in [0.717, 1.165) is 26.1 Å². The van der Waals surface area contributed by atoms with Crippen LogP contribution in [-0.4, -0.2) is 36.4 Å². The van der Waals surface area contributed by atoms with E-state index in [-0.39, 0.29) is 11.8 Å². The molecule has 0 unspecified atom stereocenters. The van der Waals surface area contributed by atoms with Crippen LogP contribution in [0.5, 0.6) is 0 Å². The van der Waals surface area contributed by atoms with E-state index >= 15 is 0 Å². The first-order valence-corrected chi connectivity index (χ1v) is 5.16. The molecule has 0 aromatic rings. The molecule has 0 amide bonds. The third kappa shape index (κ3) is 5.01. The van der Waals surface area contributed by atoms with E-state index in [4.69, 9.17) is 5.73 Å². The zero-order valence-corrected chi connectivity index (χ0v) is 9.05. The van der Waals surface area contributed by atoms with Crippen molar-refractivity contribution >= 4 is 5.78 Å². The lowest BCUT2D eigenvalue weighted by Gasteiger charge is -2.19. The van der Waals surface area contributed by atoms with Crippen molar-refractivity contribution in [3.63, 3.8) is 0 Å². The third-order valence-electron chi connectivity index (χ3n) is 2.41. The first kappa shape index (κ1) is 12.6. The summed E-state index contributed by atoms with van der Waals surface area (Å²) >= 11 is 0. The van der Waals surface area contributed by atoms with E-state index in [0.29, 0.717) is 6.42 Å². The monoisotopic (exact) mass is 186 g/mol. The van der Waals surface area contributed by atoms with Gasteiger partial charge in [-0.1, -0.05) is 20.8 Å². The van der Waals surface area contributed by atoms with Crippen LogP contribution in [0.15, 0.2) is 0 Å². The summed E-state index contributed by atoms with van der Waals surface area (Å²) in [6, 6.07) is -0.259. The van der Waals surface area contributed by atoms with Gasteiger partial charge in [0.25, 0.3) is 0 Å². The quantitative estimate of drug-likeness (QED) is 0.646. The lowest BCUT2D eigenvalue weighted by molar-refractivity contribution is -0.120. The topological polar surface area (TPSA) is 46.3 Å². The number of ketones is 1. The minimum Gasteiger partial charge on any atom is -0.321 e. The fourth-order valence-corrected chi connectivity index (χ4v) is 1.28. The summed E-state index contributed by atoms with van der Waals surface area (Å²) in [6.07, 6.45) is 1.34. The van der Waals surface area contributed by atoms with Crippen LogP contribution >= 0.6 is 0 Å². The molecule has 0 spiro atoms. The Balaban J connectivity index is 3.67. The number of Topliss-reactive ketones (excluding diaryl/α,β-unsaturated/α-hetero) is 1. The summed E-state index contributed by atoms with van der Waals surface area (Å²) in [5.41, 5.74) is 5.71. The molecule has 3 heteroatoms. The number of rotatable bonds is 7. The van der Waals surface area contributed by atoms with Crippen LogP contribution in [0, 0.1) is 0 Å². The summed E-state index contributed by atoms with van der Waals surface area (Å²) < 4.78 is 0. The molecule has 0 rings (SSSR count). The summed E-state index contributed by atoms with van der Waals surface area (Å²) in [5.74, 6) is 0.173. The van der Waals surface area contributed by atoms with Crippen LogP contribution in [0.2, 0.25) is 0 Å². The second-order valence-electron chi connectivity index (χ2n) is 3.24. The van der Waals surface area contributed by atoms with Gasteiger partial charge in [-0.2, -0.15) is 0 Å². The highest BCUT2D eigenvalue weighted by molar-refractivity contribution is 5.83. The fourth-order valence-electron chi connectivity index (χ4n) is 1.28. The minimum atomic E-state index is -0.259. The largest absolute Gasteiger partial charge is 0.321 e. The number of carbonyl (C=O) groups excluding carboxylic acids is 1. The molecule has 3 nitrogen and oxygen atoms in total. The number of carbonyl (C=O) groups is 1. The van der Waals surface area contributed by atoms with Crippen molar-refractivity contribution in [2.45, 2.75) is 39.7 Å². The Kier molecular flexibility index (Phi) is 6.82. The highest BCUT2D eigenvalue weighted by Crippen LogP contribution is 1.97. The predicted octanol–water partition coefficient (Wildman–Crippen LogP) is 1.02. The molecule has 0 aliphatic heterocycles. The zero-order chi connectivity index (χ0) is 10.3. The molecule has 0 aliphatic rings. The predicted molar refractivity (Wildman–Crippen MR) is 55.7 cm³/mol. The molecule has 0 radical (unpaired) electrons. The Labute approximate surface area is 81.3 Å². The molecule has 0 fully saturated rings. The molecule has 0 saturated carbocycles. The Morgan fingerprint density at radius 2 is 1.85 bits per heavy atom. The highest BCUT2D eigenvalue weighted by atomic mass is 16.1. The second kappa shape index (κ2) is 7.04. The number of hydrogen-bond acceptors (Lipinski definition) is 3. The molecule has 13 heavy (non-hydrogen) atoms. The average molecular weight is 186 g/mol. The van der Waals surface area contributed by atoms with Gasteiger partial charge in [-0.15, -0.1) is 0 Å². The second-order valence-corrected chi connectivity index (χ2v) is 3.24. The van der Waals surface area contributed by atoms with Gasteiger partial charge in [-0.25, -0.2) is 0 Å². The van der Waals surface area contributed by atoms with Crippen molar-refractivity contribution in [1.82, 2.24) is 4.90 Å². The van der Waals surface area contributed by atoms with E-state index in [1.54, 1.807) is 0 Å². The highest BCUT2D eigenvalue weighted by Gasteiger charge is 2.11. The van der Waals surface area contributed by atoms with Crippen LogP contribution in [0.3, 0.4) is 0 Å². The van der Waals surface area contributed by atoms with Crippen molar-refractivity contribution in [2.75, 3.05) is 19.6 Å². The molecule has 2 N–H and O–H groups in total. The van der Waals surface area contributed by atoms with E-state index in [1.807, 2.05) is 6.92 Å². The molecular formula is C10H22N2O. The standard InChI is InChI=1S/C10H22N2O/c1-4-10(13)9(11)7-8-12(5-2)6-3/h9H,4-8,11H2,1-3H3/t9-/m0/s1. The van der Waals surface area contributed by atoms with Crippen LogP contribution < -0.4 is 5.73 Å². The van der Waals surface area contributed by atoms with E-state index in [1.165, 1.54) is 0 Å². The molecule has 0 aromatic carbocycles. The first-order chi connectivity index (χ1) is 6.15. The molecular weight excluding hydrogens is 164 g/mol. The maximum atomic E-state index is 11.2. The Hall–Kier alpha value is -0.410. The van der Waals surface area contributed by atoms with Crippen molar-refractivity contribution in [3.8, 4) is 0 Å². The smallest absolute Gasteiger partial charge is 0.149 e. The molecule has 0 bridgehead atoms. The summed E-state index contributed by atoms with van der Waals surface area (Å²) in [6.45, 7) is 9.10. The molecule has 78 valence electrons. The number of nitrogens with two attached hydrogens (primary N) is 1. The number of nitrogens with zero attached hydrogens (tertiary/aromatic N) is 1. The van der Waals surface area contributed by atoms with Gasteiger partial charge in [0.2, 0.25) is 0 Å². The SMILES string of the molecule is CCC(=O)[C@@H](N)CCN(CC)CC. The Bertz CT molecular complexity index is 144. The molecule has 0 heterocycles. The zero-order valence-electron chi connectivity index (χ0n) is 9.05. The van der Waals surface area contributed by atoms with Crippen molar-refractivity contribution in [1.29, 1.82) is 0 Å². The van der Waals surface area contributed by atoms with E-state index < -0.39 is 0 Å². The van der Waals surface area contributed by atoms with Gasteiger partial charge in [0.15, 0.2) is 0 Å². The van der Waals surface area contributed by atoms with Crippen molar-refractivity contribution in [3.05, 3.63) is 0 Å². The van der Waals surface area contributed by atoms with Gasteiger partial charge < -0.3 is 10.6 Å². The lowest BCUT2D eigenvalue weighted by atomic mass is 10.1. The van der Waals surface area contributed by atoms with Crippen LogP contribution in [0.4, 0.5) is 0 Å². The van der Waals surface area contributed by atoms with Gasteiger partial charge in [-0.3, -0.25) is 4.79 Å². The summed E-state index contributed by atoms with van der Waals surface area (Å²) in [5, 5.41) is 0. The third-order valence-corrected chi connectivity index (χ3v) is 2.41. The first-order valence-electron chi connectivity index (χ1n) is 5.16. The molecule has 0 saturated heterocycles.